The van der Waals surface area contributed by atoms with Gasteiger partial charge in [0.05, 0.1) is 0 Å². The molecular formula is C19H23N3O4. The maximum absolute atomic E-state index is 12.9. The van der Waals surface area contributed by atoms with Gasteiger partial charge in [-0.3, -0.25) is 14.5 Å². The molecule has 1 aromatic heterocycles. The van der Waals surface area contributed by atoms with Gasteiger partial charge < -0.3 is 15.1 Å². The van der Waals surface area contributed by atoms with Gasteiger partial charge in [0.15, 0.2) is 5.54 Å². The zero-order valence-corrected chi connectivity index (χ0v) is 15.4. The smallest absolute Gasteiger partial charge is 0.325 e. The molecule has 138 valence electrons. The van der Waals surface area contributed by atoms with E-state index >= 15 is 0 Å². The molecule has 0 aliphatic carbocycles. The van der Waals surface area contributed by atoms with Gasteiger partial charge in [0, 0.05) is 10.9 Å². The number of hydrogen-bond donors (Lipinski definition) is 2. The van der Waals surface area contributed by atoms with Crippen LogP contribution in [0.3, 0.4) is 0 Å². The Morgan fingerprint density at radius 2 is 2.00 bits per heavy atom. The van der Waals surface area contributed by atoms with Crippen LogP contribution in [-0.2, 0) is 15.1 Å². The summed E-state index contributed by atoms with van der Waals surface area (Å²) in [5.41, 5.74) is -1.11. The summed E-state index contributed by atoms with van der Waals surface area (Å²) >= 11 is 0. The number of nitrogens with zero attached hydrogens (tertiary/aromatic N) is 1. The number of carbonyl (C=O) groups excluding carboxylic acids is 3. The lowest BCUT2D eigenvalue weighted by molar-refractivity contribution is -0.135. The van der Waals surface area contributed by atoms with Gasteiger partial charge in [0.2, 0.25) is 5.91 Å². The van der Waals surface area contributed by atoms with E-state index in [1.165, 1.54) is 0 Å². The monoisotopic (exact) mass is 357 g/mol. The molecule has 7 heteroatoms. The maximum Gasteiger partial charge on any atom is 0.325 e. The van der Waals surface area contributed by atoms with Crippen LogP contribution in [0, 0.1) is 0 Å². The Labute approximate surface area is 151 Å². The van der Waals surface area contributed by atoms with Crippen molar-refractivity contribution in [2.45, 2.75) is 45.2 Å². The average molecular weight is 357 g/mol. The van der Waals surface area contributed by atoms with E-state index in [1.807, 2.05) is 39.0 Å². The summed E-state index contributed by atoms with van der Waals surface area (Å²) in [5.74, 6) is -0.547. The number of amides is 4. The van der Waals surface area contributed by atoms with Crippen LogP contribution < -0.4 is 10.6 Å². The highest BCUT2D eigenvalue weighted by Gasteiger charge is 2.51. The third-order valence-corrected chi connectivity index (χ3v) is 4.86. The molecule has 1 aliphatic rings. The van der Waals surface area contributed by atoms with Crippen molar-refractivity contribution in [2.24, 2.45) is 0 Å². The van der Waals surface area contributed by atoms with Crippen LogP contribution in [0.5, 0.6) is 0 Å². The van der Waals surface area contributed by atoms with Crippen molar-refractivity contribution < 1.29 is 18.8 Å². The van der Waals surface area contributed by atoms with Crippen LogP contribution in [0.1, 0.15) is 39.9 Å². The molecule has 0 spiro atoms. The molecule has 1 aliphatic heterocycles. The fourth-order valence-corrected chi connectivity index (χ4v) is 2.88. The van der Waals surface area contributed by atoms with Crippen LogP contribution in [0.4, 0.5) is 4.79 Å². The molecule has 0 saturated carbocycles. The summed E-state index contributed by atoms with van der Waals surface area (Å²) < 4.78 is 5.76. The molecule has 2 aromatic rings. The van der Waals surface area contributed by atoms with E-state index in [1.54, 1.807) is 19.1 Å². The predicted molar refractivity (Wildman–Crippen MR) is 96.3 cm³/mol. The van der Waals surface area contributed by atoms with Gasteiger partial charge >= 0.3 is 6.03 Å². The van der Waals surface area contributed by atoms with Gasteiger partial charge in [-0.15, -0.1) is 0 Å². The fraction of sp³-hybridized carbons (Fsp3) is 0.421. The standard InChI is InChI=1S/C19H23N3O4/c1-5-18(2,3)20-15(23)11-22-16(24)19(4,21-17(22)25)14-10-12-8-6-7-9-13(12)26-14/h6-10H,5,11H2,1-4H3,(H,20,23)(H,21,25). The first-order valence-electron chi connectivity index (χ1n) is 8.60. The molecule has 1 saturated heterocycles. The second kappa shape index (κ2) is 6.16. The number of benzene rings is 1. The molecule has 1 fully saturated rings. The van der Waals surface area contributed by atoms with Crippen LogP contribution in [0.25, 0.3) is 11.0 Å². The van der Waals surface area contributed by atoms with E-state index in [0.717, 1.165) is 16.7 Å². The first kappa shape index (κ1) is 18.0. The number of imide groups is 1. The second-order valence-electron chi connectivity index (χ2n) is 7.38. The van der Waals surface area contributed by atoms with Gasteiger partial charge in [0.1, 0.15) is 17.9 Å². The number of fused-ring (bicyclic) bond motifs is 1. The highest BCUT2D eigenvalue weighted by atomic mass is 16.3. The largest absolute Gasteiger partial charge is 0.458 e. The SMILES string of the molecule is CCC(C)(C)NC(=O)CN1C(=O)NC(C)(c2cc3ccccc3o2)C1=O. The van der Waals surface area contributed by atoms with E-state index in [0.29, 0.717) is 11.3 Å². The normalized spacial score (nSPS) is 20.5. The van der Waals surface area contributed by atoms with Crippen LogP contribution in [0.15, 0.2) is 34.7 Å². The maximum atomic E-state index is 12.9. The van der Waals surface area contributed by atoms with Crippen molar-refractivity contribution in [1.29, 1.82) is 0 Å². The Kier molecular flexibility index (Phi) is 4.26. The number of nitrogens with one attached hydrogen (secondary N) is 2. The molecule has 26 heavy (non-hydrogen) atoms. The van der Waals surface area contributed by atoms with Gasteiger partial charge in [0.25, 0.3) is 5.91 Å². The lowest BCUT2D eigenvalue weighted by Crippen LogP contribution is -2.49. The molecule has 3 rings (SSSR count). The van der Waals surface area contributed by atoms with E-state index < -0.39 is 23.0 Å². The number of hydrogen-bond acceptors (Lipinski definition) is 4. The lowest BCUT2D eigenvalue weighted by atomic mass is 9.98. The molecule has 2 heterocycles. The Morgan fingerprint density at radius 1 is 1.31 bits per heavy atom. The number of furan rings is 1. The first-order valence-corrected chi connectivity index (χ1v) is 8.60. The van der Waals surface area contributed by atoms with Crippen molar-refractivity contribution >= 4 is 28.8 Å². The fourth-order valence-electron chi connectivity index (χ4n) is 2.88. The molecule has 1 aromatic carbocycles. The number of urea groups is 1. The van der Waals surface area contributed by atoms with Crippen molar-refractivity contribution in [1.82, 2.24) is 15.5 Å². The van der Waals surface area contributed by atoms with Crippen molar-refractivity contribution in [3.05, 3.63) is 36.1 Å². The number of carbonyl (C=O) groups is 3. The Morgan fingerprint density at radius 3 is 2.65 bits per heavy atom. The molecule has 4 amide bonds. The second-order valence-corrected chi connectivity index (χ2v) is 7.38. The molecule has 2 N–H and O–H groups in total. The summed E-state index contributed by atoms with van der Waals surface area (Å²) in [6.07, 6.45) is 0.732. The highest BCUT2D eigenvalue weighted by Crippen LogP contribution is 2.32. The average Bonchev–Trinajstić information content (AvgIpc) is 3.10. The van der Waals surface area contributed by atoms with Crippen LogP contribution in [0.2, 0.25) is 0 Å². The summed E-state index contributed by atoms with van der Waals surface area (Å²) in [5, 5.41) is 6.32. The van der Waals surface area contributed by atoms with Crippen molar-refractivity contribution in [3.63, 3.8) is 0 Å². The minimum atomic E-state index is -1.34. The predicted octanol–water partition coefficient (Wildman–Crippen LogP) is 2.50. The summed E-state index contributed by atoms with van der Waals surface area (Å²) in [6.45, 7) is 6.97. The summed E-state index contributed by atoms with van der Waals surface area (Å²) in [6, 6.07) is 8.48. The van der Waals surface area contributed by atoms with E-state index in [4.69, 9.17) is 4.42 Å². The van der Waals surface area contributed by atoms with Gasteiger partial charge in [-0.05, 0) is 39.3 Å². The van der Waals surface area contributed by atoms with Gasteiger partial charge in [-0.25, -0.2) is 4.79 Å². The molecule has 0 radical (unpaired) electrons. The highest BCUT2D eigenvalue weighted by molar-refractivity contribution is 6.09. The van der Waals surface area contributed by atoms with Crippen molar-refractivity contribution in [3.8, 4) is 0 Å². The minimum absolute atomic E-state index is 0.329. The molecule has 7 nitrogen and oxygen atoms in total. The molecular weight excluding hydrogens is 334 g/mol. The number of rotatable bonds is 5. The first-order chi connectivity index (χ1) is 12.2. The van der Waals surface area contributed by atoms with Crippen molar-refractivity contribution in [2.75, 3.05) is 6.54 Å². The summed E-state index contributed by atoms with van der Waals surface area (Å²) in [7, 11) is 0. The number of para-hydroxylation sites is 1. The third kappa shape index (κ3) is 3.05. The van der Waals surface area contributed by atoms with E-state index in [9.17, 15) is 14.4 Å². The topological polar surface area (TPSA) is 91.7 Å². The molecule has 1 atom stereocenters. The summed E-state index contributed by atoms with van der Waals surface area (Å²) in [4.78, 5) is 38.4. The molecule has 1 unspecified atom stereocenters. The van der Waals surface area contributed by atoms with Crippen LogP contribution >= 0.6 is 0 Å². The zero-order chi connectivity index (χ0) is 19.1. The van der Waals surface area contributed by atoms with Crippen LogP contribution in [-0.4, -0.2) is 34.8 Å². The quantitative estimate of drug-likeness (QED) is 0.804. The lowest BCUT2D eigenvalue weighted by Gasteiger charge is -2.25. The minimum Gasteiger partial charge on any atom is -0.458 e. The van der Waals surface area contributed by atoms with Gasteiger partial charge in [-0.2, -0.15) is 0 Å². The Bertz CT molecular complexity index is 853. The molecule has 0 bridgehead atoms. The van der Waals surface area contributed by atoms with Gasteiger partial charge in [-0.1, -0.05) is 25.1 Å². The van der Waals surface area contributed by atoms with E-state index in [2.05, 4.69) is 10.6 Å². The zero-order valence-electron chi connectivity index (χ0n) is 15.4. The third-order valence-electron chi connectivity index (χ3n) is 4.86. The Hall–Kier alpha value is -2.83. The Balaban J connectivity index is 1.82. The van der Waals surface area contributed by atoms with E-state index in [-0.39, 0.29) is 12.5 Å².